The van der Waals surface area contributed by atoms with Crippen LogP contribution in [0.5, 0.6) is 0 Å². The van der Waals surface area contributed by atoms with Crippen LogP contribution in [0.2, 0.25) is 0 Å². The van der Waals surface area contributed by atoms with E-state index in [0.29, 0.717) is 13.1 Å². The maximum atomic E-state index is 13.1. The van der Waals surface area contributed by atoms with E-state index in [1.165, 1.54) is 0 Å². The fourth-order valence-electron chi connectivity index (χ4n) is 3.95. The first-order valence-corrected chi connectivity index (χ1v) is 9.17. The molecule has 2 aliphatic rings. The van der Waals surface area contributed by atoms with E-state index in [9.17, 15) is 9.59 Å². The zero-order valence-electron chi connectivity index (χ0n) is 15.4. The van der Waals surface area contributed by atoms with Crippen molar-refractivity contribution < 1.29 is 9.59 Å². The van der Waals surface area contributed by atoms with Crippen LogP contribution in [0.15, 0.2) is 18.2 Å². The van der Waals surface area contributed by atoms with Crippen LogP contribution in [-0.2, 0) is 11.3 Å². The van der Waals surface area contributed by atoms with Gasteiger partial charge < -0.3 is 15.1 Å². The molecule has 2 saturated heterocycles. The van der Waals surface area contributed by atoms with Gasteiger partial charge in [0.05, 0.1) is 17.7 Å². The smallest absolute Gasteiger partial charge is 0.317 e. The Morgan fingerprint density at radius 3 is 2.84 bits per heavy atom. The molecule has 1 aromatic rings. The molecule has 0 radical (unpaired) electrons. The van der Waals surface area contributed by atoms with Crippen molar-refractivity contribution in [3.05, 3.63) is 29.6 Å². The highest BCUT2D eigenvalue weighted by Crippen LogP contribution is 2.40. The van der Waals surface area contributed by atoms with Crippen LogP contribution < -0.4 is 5.32 Å². The van der Waals surface area contributed by atoms with E-state index in [2.05, 4.69) is 10.3 Å². The molecular weight excluding hydrogens is 316 g/mol. The van der Waals surface area contributed by atoms with Gasteiger partial charge >= 0.3 is 6.03 Å². The molecule has 0 aliphatic carbocycles. The third-order valence-electron chi connectivity index (χ3n) is 5.18. The Hall–Kier alpha value is -2.11. The molecule has 0 aromatic carbocycles. The van der Waals surface area contributed by atoms with Gasteiger partial charge in [0.2, 0.25) is 5.91 Å². The topological polar surface area (TPSA) is 65.5 Å². The Morgan fingerprint density at radius 1 is 1.32 bits per heavy atom. The van der Waals surface area contributed by atoms with Gasteiger partial charge in [0.1, 0.15) is 0 Å². The molecule has 0 bridgehead atoms. The molecule has 0 saturated carbocycles. The lowest BCUT2D eigenvalue weighted by atomic mass is 9.78. The molecule has 0 unspecified atom stereocenters. The van der Waals surface area contributed by atoms with Crippen LogP contribution >= 0.6 is 0 Å². The zero-order valence-corrected chi connectivity index (χ0v) is 15.4. The Kier molecular flexibility index (Phi) is 4.97. The number of hydrogen-bond acceptors (Lipinski definition) is 3. The van der Waals surface area contributed by atoms with E-state index in [1.54, 1.807) is 0 Å². The van der Waals surface area contributed by atoms with E-state index < -0.39 is 5.41 Å². The number of nitrogens with one attached hydrogen (secondary N) is 1. The van der Waals surface area contributed by atoms with Crippen LogP contribution in [0.25, 0.3) is 0 Å². The van der Waals surface area contributed by atoms with Crippen LogP contribution in [0.3, 0.4) is 0 Å². The van der Waals surface area contributed by atoms with Crippen molar-refractivity contribution in [1.82, 2.24) is 20.1 Å². The molecule has 1 N–H and O–H groups in total. The highest BCUT2D eigenvalue weighted by atomic mass is 16.2. The van der Waals surface area contributed by atoms with Gasteiger partial charge in [0.25, 0.3) is 0 Å². The Labute approximate surface area is 149 Å². The summed E-state index contributed by atoms with van der Waals surface area (Å²) in [5, 5.41) is 2.94. The minimum absolute atomic E-state index is 0.0549. The molecule has 1 aromatic heterocycles. The number of amides is 3. The van der Waals surface area contributed by atoms with Gasteiger partial charge in [-0.05, 0) is 52.2 Å². The Morgan fingerprint density at radius 2 is 2.12 bits per heavy atom. The zero-order chi connectivity index (χ0) is 18.0. The first kappa shape index (κ1) is 17.7. The van der Waals surface area contributed by atoms with Crippen molar-refractivity contribution >= 4 is 11.9 Å². The van der Waals surface area contributed by atoms with Crippen molar-refractivity contribution in [1.29, 1.82) is 0 Å². The monoisotopic (exact) mass is 344 g/mol. The highest BCUT2D eigenvalue weighted by Gasteiger charge is 2.49. The molecule has 2 aliphatic heterocycles. The maximum absolute atomic E-state index is 13.1. The number of carbonyl (C=O) groups is 2. The second-order valence-corrected chi connectivity index (χ2v) is 7.66. The fraction of sp³-hybridized carbons (Fsp3) is 0.632. The van der Waals surface area contributed by atoms with E-state index in [-0.39, 0.29) is 18.0 Å². The standard InChI is InChI=1S/C19H28N4O2/c1-14(2)20-18(25)23-10-5-8-19(13-23)9-11-22(17(19)24)12-16-7-4-6-15(3)21-16/h4,6-7,14H,5,8-13H2,1-3H3,(H,20,25)/t19-/m0/s1. The summed E-state index contributed by atoms with van der Waals surface area (Å²) < 4.78 is 0. The van der Waals surface area contributed by atoms with Crippen LogP contribution in [0, 0.1) is 12.3 Å². The second kappa shape index (κ2) is 7.02. The summed E-state index contributed by atoms with van der Waals surface area (Å²) in [6, 6.07) is 5.96. The molecule has 3 amide bonds. The van der Waals surface area contributed by atoms with Gasteiger partial charge in [0, 0.05) is 31.4 Å². The molecule has 6 heteroatoms. The van der Waals surface area contributed by atoms with Gasteiger partial charge in [-0.3, -0.25) is 9.78 Å². The SMILES string of the molecule is Cc1cccc(CN2CC[C@]3(CCCN(C(=O)NC(C)C)C3)C2=O)n1. The number of hydrogen-bond donors (Lipinski definition) is 1. The third-order valence-corrected chi connectivity index (χ3v) is 5.18. The van der Waals surface area contributed by atoms with Gasteiger partial charge in [-0.25, -0.2) is 4.79 Å². The number of aromatic nitrogens is 1. The lowest BCUT2D eigenvalue weighted by Gasteiger charge is -2.39. The largest absolute Gasteiger partial charge is 0.336 e. The van der Waals surface area contributed by atoms with Crippen molar-refractivity contribution in [3.8, 4) is 0 Å². The highest BCUT2D eigenvalue weighted by molar-refractivity contribution is 5.86. The van der Waals surface area contributed by atoms with Crippen LogP contribution in [0.4, 0.5) is 4.79 Å². The summed E-state index contributed by atoms with van der Waals surface area (Å²) in [6.45, 7) is 8.43. The maximum Gasteiger partial charge on any atom is 0.317 e. The summed E-state index contributed by atoms with van der Waals surface area (Å²) in [4.78, 5) is 33.7. The minimum atomic E-state index is -0.406. The normalized spacial score (nSPS) is 23.6. The number of pyridine rings is 1. The molecule has 25 heavy (non-hydrogen) atoms. The molecule has 6 nitrogen and oxygen atoms in total. The summed E-state index contributed by atoms with van der Waals surface area (Å²) >= 11 is 0. The first-order valence-electron chi connectivity index (χ1n) is 9.17. The number of carbonyl (C=O) groups excluding carboxylic acids is 2. The third kappa shape index (κ3) is 3.78. The molecular formula is C19H28N4O2. The number of aryl methyl sites for hydroxylation is 1. The quantitative estimate of drug-likeness (QED) is 0.915. The number of rotatable bonds is 3. The molecule has 1 spiro atoms. The number of nitrogens with zero attached hydrogens (tertiary/aromatic N) is 3. The van der Waals surface area contributed by atoms with E-state index >= 15 is 0 Å². The fourth-order valence-corrected chi connectivity index (χ4v) is 3.95. The first-order chi connectivity index (χ1) is 11.9. The van der Waals surface area contributed by atoms with Gasteiger partial charge in [-0.1, -0.05) is 6.07 Å². The van der Waals surface area contributed by atoms with Crippen molar-refractivity contribution in [2.45, 2.75) is 52.6 Å². The van der Waals surface area contributed by atoms with Crippen molar-refractivity contribution in [3.63, 3.8) is 0 Å². The average Bonchev–Trinajstić information content (AvgIpc) is 2.84. The van der Waals surface area contributed by atoms with E-state index in [0.717, 1.165) is 43.7 Å². The van der Waals surface area contributed by atoms with Crippen LogP contribution in [-0.4, -0.2) is 52.4 Å². The van der Waals surface area contributed by atoms with E-state index in [1.807, 2.05) is 48.8 Å². The average molecular weight is 344 g/mol. The number of urea groups is 1. The predicted molar refractivity (Wildman–Crippen MR) is 95.9 cm³/mol. The molecule has 136 valence electrons. The molecule has 3 rings (SSSR count). The summed E-state index contributed by atoms with van der Waals surface area (Å²) in [5.74, 6) is 0.179. The van der Waals surface area contributed by atoms with Gasteiger partial charge in [-0.2, -0.15) is 0 Å². The van der Waals surface area contributed by atoms with Crippen molar-refractivity contribution in [2.75, 3.05) is 19.6 Å². The predicted octanol–water partition coefficient (Wildman–Crippen LogP) is 2.32. The Balaban J connectivity index is 1.68. The summed E-state index contributed by atoms with van der Waals surface area (Å²) in [7, 11) is 0. The lowest BCUT2D eigenvalue weighted by molar-refractivity contribution is -0.138. The number of likely N-dealkylation sites (tertiary alicyclic amines) is 2. The lowest BCUT2D eigenvalue weighted by Crippen LogP contribution is -2.53. The second-order valence-electron chi connectivity index (χ2n) is 7.66. The summed E-state index contributed by atoms with van der Waals surface area (Å²) in [6.07, 6.45) is 2.58. The number of piperidine rings is 1. The molecule has 1 atom stereocenters. The summed E-state index contributed by atoms with van der Waals surface area (Å²) in [5.41, 5.74) is 1.49. The van der Waals surface area contributed by atoms with E-state index in [4.69, 9.17) is 0 Å². The van der Waals surface area contributed by atoms with Crippen LogP contribution in [0.1, 0.15) is 44.5 Å². The van der Waals surface area contributed by atoms with Gasteiger partial charge in [0.15, 0.2) is 0 Å². The minimum Gasteiger partial charge on any atom is -0.336 e. The molecule has 2 fully saturated rings. The molecule has 3 heterocycles. The van der Waals surface area contributed by atoms with Gasteiger partial charge in [-0.15, -0.1) is 0 Å². The van der Waals surface area contributed by atoms with Crippen molar-refractivity contribution in [2.24, 2.45) is 5.41 Å². The Bertz CT molecular complexity index is 661.